The standard InChI is InChI=1S/C16H20N6S/c1-9(17)6-18-15-13-11-4-2-3-5-12(11)23-16(13)22-14(21-15)10-7-19-20-8-10/h7-9H,2-6,17H2,1H3,(H,19,20)(H,18,21,22)/t9-/m0/s1. The van der Waals surface area contributed by atoms with Crippen LogP contribution < -0.4 is 11.1 Å². The van der Waals surface area contributed by atoms with Gasteiger partial charge in [-0.3, -0.25) is 5.10 Å². The SMILES string of the molecule is C[C@H](N)CNc1nc(-c2cn[nH]c2)nc2sc3c(c12)CCCC3. The topological polar surface area (TPSA) is 92.5 Å². The minimum absolute atomic E-state index is 0.0758. The number of rotatable bonds is 4. The normalized spacial score (nSPS) is 15.6. The van der Waals surface area contributed by atoms with Crippen molar-refractivity contribution in [2.24, 2.45) is 5.73 Å². The molecule has 0 fully saturated rings. The fraction of sp³-hybridized carbons (Fsp3) is 0.438. The van der Waals surface area contributed by atoms with Gasteiger partial charge in [0, 0.05) is 23.7 Å². The molecule has 4 rings (SSSR count). The largest absolute Gasteiger partial charge is 0.368 e. The number of H-pyrrole nitrogens is 1. The molecule has 7 heteroatoms. The molecule has 3 aromatic rings. The molecule has 0 saturated carbocycles. The molecule has 4 N–H and O–H groups in total. The number of anilines is 1. The second-order valence-electron chi connectivity index (χ2n) is 6.13. The lowest BCUT2D eigenvalue weighted by Crippen LogP contribution is -2.25. The summed E-state index contributed by atoms with van der Waals surface area (Å²) in [6, 6.07) is 0.0758. The summed E-state index contributed by atoms with van der Waals surface area (Å²) in [4.78, 5) is 12.1. The van der Waals surface area contributed by atoms with Gasteiger partial charge in [-0.2, -0.15) is 5.10 Å². The number of nitrogens with one attached hydrogen (secondary N) is 2. The third kappa shape index (κ3) is 2.70. The van der Waals surface area contributed by atoms with Crippen LogP contribution in [0, 0.1) is 0 Å². The van der Waals surface area contributed by atoms with Gasteiger partial charge in [-0.15, -0.1) is 11.3 Å². The Balaban J connectivity index is 1.88. The van der Waals surface area contributed by atoms with Crippen molar-refractivity contribution in [3.8, 4) is 11.4 Å². The zero-order chi connectivity index (χ0) is 15.8. The summed E-state index contributed by atoms with van der Waals surface area (Å²) in [6.45, 7) is 2.69. The maximum atomic E-state index is 5.91. The van der Waals surface area contributed by atoms with Crippen LogP contribution in [0.5, 0.6) is 0 Å². The monoisotopic (exact) mass is 328 g/mol. The fourth-order valence-electron chi connectivity index (χ4n) is 3.05. The minimum Gasteiger partial charge on any atom is -0.368 e. The van der Waals surface area contributed by atoms with Crippen molar-refractivity contribution in [3.63, 3.8) is 0 Å². The maximum absolute atomic E-state index is 5.91. The second-order valence-corrected chi connectivity index (χ2v) is 7.22. The van der Waals surface area contributed by atoms with E-state index in [9.17, 15) is 0 Å². The van der Waals surface area contributed by atoms with E-state index in [1.165, 1.54) is 28.7 Å². The molecular formula is C16H20N6S. The van der Waals surface area contributed by atoms with Gasteiger partial charge in [0.25, 0.3) is 0 Å². The summed E-state index contributed by atoms with van der Waals surface area (Å²) < 4.78 is 0. The van der Waals surface area contributed by atoms with Crippen LogP contribution in [0.4, 0.5) is 5.82 Å². The van der Waals surface area contributed by atoms with Gasteiger partial charge in [0.05, 0.1) is 17.1 Å². The van der Waals surface area contributed by atoms with E-state index in [-0.39, 0.29) is 6.04 Å². The number of aromatic amines is 1. The highest BCUT2D eigenvalue weighted by atomic mass is 32.1. The van der Waals surface area contributed by atoms with E-state index >= 15 is 0 Å². The molecule has 23 heavy (non-hydrogen) atoms. The zero-order valence-electron chi connectivity index (χ0n) is 13.1. The molecule has 0 radical (unpaired) electrons. The summed E-state index contributed by atoms with van der Waals surface area (Å²) in [5.74, 6) is 1.61. The molecule has 0 aromatic carbocycles. The zero-order valence-corrected chi connectivity index (χ0v) is 13.9. The molecule has 1 atom stereocenters. The van der Waals surface area contributed by atoms with Crippen LogP contribution in [0.3, 0.4) is 0 Å². The van der Waals surface area contributed by atoms with Gasteiger partial charge in [0.2, 0.25) is 0 Å². The second kappa shape index (κ2) is 5.90. The number of fused-ring (bicyclic) bond motifs is 3. The Morgan fingerprint density at radius 1 is 1.35 bits per heavy atom. The van der Waals surface area contributed by atoms with E-state index in [0.29, 0.717) is 12.4 Å². The number of nitrogens with two attached hydrogens (primary N) is 1. The lowest BCUT2D eigenvalue weighted by molar-refractivity contribution is 0.700. The Morgan fingerprint density at radius 2 is 2.22 bits per heavy atom. The molecule has 0 unspecified atom stereocenters. The Morgan fingerprint density at radius 3 is 3.00 bits per heavy atom. The van der Waals surface area contributed by atoms with Gasteiger partial charge in [0.1, 0.15) is 10.6 Å². The molecule has 1 aliphatic carbocycles. The lowest BCUT2D eigenvalue weighted by atomic mass is 9.97. The number of hydrogen-bond acceptors (Lipinski definition) is 6. The molecule has 3 aromatic heterocycles. The van der Waals surface area contributed by atoms with Crippen molar-refractivity contribution in [3.05, 3.63) is 22.8 Å². The van der Waals surface area contributed by atoms with Crippen molar-refractivity contribution >= 4 is 27.4 Å². The molecule has 0 aliphatic heterocycles. The summed E-state index contributed by atoms with van der Waals surface area (Å²) in [5, 5.41) is 11.5. The van der Waals surface area contributed by atoms with Gasteiger partial charge in [0.15, 0.2) is 5.82 Å². The van der Waals surface area contributed by atoms with Gasteiger partial charge in [-0.05, 0) is 38.2 Å². The number of aromatic nitrogens is 4. The quantitative estimate of drug-likeness (QED) is 0.685. The first-order valence-corrected chi connectivity index (χ1v) is 8.85. The van der Waals surface area contributed by atoms with Gasteiger partial charge < -0.3 is 11.1 Å². The predicted octanol–water partition coefficient (Wildman–Crippen LogP) is 2.72. The first kappa shape index (κ1) is 14.6. The van der Waals surface area contributed by atoms with E-state index in [1.54, 1.807) is 17.5 Å². The molecule has 0 spiro atoms. The number of thiophene rings is 1. The number of aryl methyl sites for hydroxylation is 2. The lowest BCUT2D eigenvalue weighted by Gasteiger charge is -2.14. The average molecular weight is 328 g/mol. The van der Waals surface area contributed by atoms with E-state index in [0.717, 1.165) is 29.1 Å². The van der Waals surface area contributed by atoms with Crippen molar-refractivity contribution in [1.29, 1.82) is 0 Å². The molecule has 0 bridgehead atoms. The summed E-state index contributed by atoms with van der Waals surface area (Å²) in [5.41, 5.74) is 8.25. The fourth-order valence-corrected chi connectivity index (χ4v) is 4.31. The van der Waals surface area contributed by atoms with Crippen LogP contribution in [0.2, 0.25) is 0 Å². The Labute approximate surface area is 138 Å². The van der Waals surface area contributed by atoms with Gasteiger partial charge in [-0.25, -0.2) is 9.97 Å². The molecule has 6 nitrogen and oxygen atoms in total. The number of hydrogen-bond donors (Lipinski definition) is 3. The van der Waals surface area contributed by atoms with Crippen molar-refractivity contribution < 1.29 is 0 Å². The van der Waals surface area contributed by atoms with Crippen LogP contribution in [0.1, 0.15) is 30.2 Å². The first-order valence-electron chi connectivity index (χ1n) is 8.03. The van der Waals surface area contributed by atoms with Crippen LogP contribution in [0.15, 0.2) is 12.4 Å². The third-order valence-electron chi connectivity index (χ3n) is 4.16. The predicted molar refractivity (Wildman–Crippen MR) is 93.8 cm³/mol. The smallest absolute Gasteiger partial charge is 0.166 e. The van der Waals surface area contributed by atoms with Gasteiger partial charge in [-0.1, -0.05) is 0 Å². The molecule has 3 heterocycles. The van der Waals surface area contributed by atoms with Crippen LogP contribution in [-0.4, -0.2) is 32.8 Å². The Bertz CT molecular complexity index is 821. The molecule has 0 saturated heterocycles. The van der Waals surface area contributed by atoms with E-state index in [2.05, 4.69) is 15.5 Å². The molecule has 120 valence electrons. The number of nitrogens with zero attached hydrogens (tertiary/aromatic N) is 3. The summed E-state index contributed by atoms with van der Waals surface area (Å²) in [7, 11) is 0. The van der Waals surface area contributed by atoms with Crippen LogP contribution in [-0.2, 0) is 12.8 Å². The van der Waals surface area contributed by atoms with E-state index < -0.39 is 0 Å². The van der Waals surface area contributed by atoms with E-state index in [1.807, 2.05) is 13.1 Å². The van der Waals surface area contributed by atoms with Crippen molar-refractivity contribution in [2.45, 2.75) is 38.6 Å². The Kier molecular flexibility index (Phi) is 3.74. The molecular weight excluding hydrogens is 308 g/mol. The van der Waals surface area contributed by atoms with Crippen molar-refractivity contribution in [1.82, 2.24) is 20.2 Å². The van der Waals surface area contributed by atoms with Crippen LogP contribution >= 0.6 is 11.3 Å². The van der Waals surface area contributed by atoms with Gasteiger partial charge >= 0.3 is 0 Å². The maximum Gasteiger partial charge on any atom is 0.166 e. The third-order valence-corrected chi connectivity index (χ3v) is 5.35. The summed E-state index contributed by atoms with van der Waals surface area (Å²) >= 11 is 1.81. The highest BCUT2D eigenvalue weighted by molar-refractivity contribution is 7.19. The Hall–Kier alpha value is -1.99. The summed E-state index contributed by atoms with van der Waals surface area (Å²) in [6.07, 6.45) is 8.37. The first-order chi connectivity index (χ1) is 11.2. The molecule has 1 aliphatic rings. The highest BCUT2D eigenvalue weighted by Crippen LogP contribution is 2.39. The minimum atomic E-state index is 0.0758. The average Bonchev–Trinajstić information content (AvgIpc) is 3.19. The van der Waals surface area contributed by atoms with Crippen LogP contribution in [0.25, 0.3) is 21.6 Å². The molecule has 0 amide bonds. The van der Waals surface area contributed by atoms with E-state index in [4.69, 9.17) is 15.7 Å². The highest BCUT2D eigenvalue weighted by Gasteiger charge is 2.21. The van der Waals surface area contributed by atoms with Crippen molar-refractivity contribution in [2.75, 3.05) is 11.9 Å².